The summed E-state index contributed by atoms with van der Waals surface area (Å²) >= 11 is 17.0. The van der Waals surface area contributed by atoms with E-state index in [1.807, 2.05) is 0 Å². The lowest BCUT2D eigenvalue weighted by Gasteiger charge is -2.06. The highest BCUT2D eigenvalue weighted by Crippen LogP contribution is 2.24. The number of benzene rings is 1. The Hall–Kier alpha value is -1.56. The molecule has 98 valence electrons. The average molecular weight is 319 g/mol. The van der Waals surface area contributed by atoms with E-state index in [2.05, 4.69) is 15.3 Å². The molecule has 19 heavy (non-hydrogen) atoms. The molecule has 0 radical (unpaired) electrons. The van der Waals surface area contributed by atoms with Crippen molar-refractivity contribution in [2.45, 2.75) is 0 Å². The molecule has 1 aromatic carbocycles. The van der Waals surface area contributed by atoms with Crippen LogP contribution in [-0.4, -0.2) is 21.0 Å². The fraction of sp³-hybridized carbons (Fsp3) is 0. The summed E-state index contributed by atoms with van der Waals surface area (Å²) in [6, 6.07) is 5.42. The summed E-state index contributed by atoms with van der Waals surface area (Å²) in [5.74, 6) is -0.404. The number of phenolic OH excluding ortho intramolecular Hbond substituents is 1. The Morgan fingerprint density at radius 2 is 1.89 bits per heavy atom. The average Bonchev–Trinajstić information content (AvgIpc) is 2.31. The maximum absolute atomic E-state index is 11.9. The van der Waals surface area contributed by atoms with E-state index in [4.69, 9.17) is 34.8 Å². The first kappa shape index (κ1) is 13.9. The Balaban J connectivity index is 2.22. The van der Waals surface area contributed by atoms with E-state index in [0.29, 0.717) is 0 Å². The van der Waals surface area contributed by atoms with Gasteiger partial charge in [0, 0.05) is 11.6 Å². The minimum absolute atomic E-state index is 0.0754. The van der Waals surface area contributed by atoms with Gasteiger partial charge in [-0.15, -0.1) is 0 Å². The van der Waals surface area contributed by atoms with Crippen molar-refractivity contribution in [2.24, 2.45) is 0 Å². The molecule has 0 atom stereocenters. The van der Waals surface area contributed by atoms with Gasteiger partial charge in [-0.25, -0.2) is 9.97 Å². The molecule has 0 saturated heterocycles. The van der Waals surface area contributed by atoms with Crippen molar-refractivity contribution in [1.82, 2.24) is 9.97 Å². The van der Waals surface area contributed by atoms with Crippen molar-refractivity contribution in [3.63, 3.8) is 0 Å². The number of phenols is 1. The molecule has 1 aromatic heterocycles. The highest BCUT2D eigenvalue weighted by Gasteiger charge is 2.10. The molecule has 2 N–H and O–H groups in total. The topological polar surface area (TPSA) is 75.1 Å². The van der Waals surface area contributed by atoms with Gasteiger partial charge >= 0.3 is 0 Å². The molecular weight excluding hydrogens is 312 g/mol. The van der Waals surface area contributed by atoms with Gasteiger partial charge in [0.05, 0.1) is 5.02 Å². The maximum atomic E-state index is 11.9. The number of hydrogen-bond donors (Lipinski definition) is 2. The third-order valence-corrected chi connectivity index (χ3v) is 2.78. The predicted molar refractivity (Wildman–Crippen MR) is 73.1 cm³/mol. The lowest BCUT2D eigenvalue weighted by molar-refractivity contribution is 0.102. The first-order valence-electron chi connectivity index (χ1n) is 4.95. The van der Waals surface area contributed by atoms with Crippen LogP contribution in [0.5, 0.6) is 5.75 Å². The fourth-order valence-corrected chi connectivity index (χ4v) is 1.88. The minimum Gasteiger partial charge on any atom is -0.506 e. The third kappa shape index (κ3) is 3.47. The number of halogens is 3. The van der Waals surface area contributed by atoms with Crippen LogP contribution >= 0.6 is 34.8 Å². The Morgan fingerprint density at radius 1 is 1.16 bits per heavy atom. The van der Waals surface area contributed by atoms with Gasteiger partial charge in [-0.05, 0) is 29.8 Å². The maximum Gasteiger partial charge on any atom is 0.256 e. The number of amides is 1. The standard InChI is InChI=1S/C11H6Cl3N3O2/c12-6-3-5(1-2-7(6)18)10(19)16-9-4-8(13)15-11(14)17-9/h1-4,18H,(H,15,16,17,19). The summed E-state index contributed by atoms with van der Waals surface area (Å²) in [5.41, 5.74) is 0.258. The largest absolute Gasteiger partial charge is 0.506 e. The van der Waals surface area contributed by atoms with E-state index in [9.17, 15) is 9.90 Å². The lowest BCUT2D eigenvalue weighted by Crippen LogP contribution is -2.13. The van der Waals surface area contributed by atoms with E-state index in [-0.39, 0.29) is 32.6 Å². The van der Waals surface area contributed by atoms with Gasteiger partial charge < -0.3 is 10.4 Å². The zero-order valence-corrected chi connectivity index (χ0v) is 11.5. The van der Waals surface area contributed by atoms with Crippen LogP contribution in [0.1, 0.15) is 10.4 Å². The molecule has 2 aromatic rings. The molecule has 0 aliphatic carbocycles. The van der Waals surface area contributed by atoms with E-state index in [1.165, 1.54) is 24.3 Å². The molecule has 5 nitrogen and oxygen atoms in total. The summed E-state index contributed by atoms with van der Waals surface area (Å²) in [5, 5.41) is 11.9. The van der Waals surface area contributed by atoms with Crippen LogP contribution in [0, 0.1) is 0 Å². The highest BCUT2D eigenvalue weighted by atomic mass is 35.5. The summed E-state index contributed by atoms with van der Waals surface area (Å²) in [6.45, 7) is 0. The molecule has 0 spiro atoms. The number of anilines is 1. The number of rotatable bonds is 2. The Morgan fingerprint density at radius 3 is 2.53 bits per heavy atom. The van der Waals surface area contributed by atoms with Crippen molar-refractivity contribution >= 4 is 46.5 Å². The van der Waals surface area contributed by atoms with Crippen LogP contribution in [0.15, 0.2) is 24.3 Å². The number of carbonyl (C=O) groups excluding carboxylic acids is 1. The number of aromatic nitrogens is 2. The van der Waals surface area contributed by atoms with Gasteiger partial charge in [0.2, 0.25) is 5.28 Å². The van der Waals surface area contributed by atoms with Crippen LogP contribution in [0.3, 0.4) is 0 Å². The van der Waals surface area contributed by atoms with Gasteiger partial charge in [-0.3, -0.25) is 4.79 Å². The Labute approximate surface area is 123 Å². The monoisotopic (exact) mass is 317 g/mol. The normalized spacial score (nSPS) is 10.3. The molecule has 0 aliphatic heterocycles. The number of carbonyl (C=O) groups is 1. The van der Waals surface area contributed by atoms with Crippen LogP contribution in [-0.2, 0) is 0 Å². The van der Waals surface area contributed by atoms with E-state index in [0.717, 1.165) is 0 Å². The second kappa shape index (κ2) is 5.61. The zero-order chi connectivity index (χ0) is 14.0. The Kier molecular flexibility index (Phi) is 4.09. The van der Waals surface area contributed by atoms with Crippen molar-refractivity contribution < 1.29 is 9.90 Å². The minimum atomic E-state index is -0.465. The molecule has 0 saturated carbocycles. The molecule has 1 amide bonds. The molecule has 2 rings (SSSR count). The van der Waals surface area contributed by atoms with Gasteiger partial charge in [-0.2, -0.15) is 0 Å². The lowest BCUT2D eigenvalue weighted by atomic mass is 10.2. The van der Waals surface area contributed by atoms with Crippen LogP contribution in [0.25, 0.3) is 0 Å². The van der Waals surface area contributed by atoms with Crippen molar-refractivity contribution in [3.8, 4) is 5.75 Å². The van der Waals surface area contributed by atoms with Crippen LogP contribution in [0.4, 0.5) is 5.82 Å². The zero-order valence-electron chi connectivity index (χ0n) is 9.19. The van der Waals surface area contributed by atoms with Crippen molar-refractivity contribution in [3.05, 3.63) is 45.3 Å². The summed E-state index contributed by atoms with van der Waals surface area (Å²) < 4.78 is 0. The molecule has 0 unspecified atom stereocenters. The first-order chi connectivity index (χ1) is 8.95. The molecule has 0 bridgehead atoms. The quantitative estimate of drug-likeness (QED) is 0.657. The first-order valence-corrected chi connectivity index (χ1v) is 6.09. The number of hydrogen-bond acceptors (Lipinski definition) is 4. The van der Waals surface area contributed by atoms with Crippen molar-refractivity contribution in [1.29, 1.82) is 0 Å². The van der Waals surface area contributed by atoms with Crippen LogP contribution in [0.2, 0.25) is 15.5 Å². The molecule has 0 aliphatic rings. The van der Waals surface area contributed by atoms with Crippen LogP contribution < -0.4 is 5.32 Å². The summed E-state index contributed by atoms with van der Waals surface area (Å²) in [7, 11) is 0. The van der Waals surface area contributed by atoms with E-state index < -0.39 is 5.91 Å². The third-order valence-electron chi connectivity index (χ3n) is 2.12. The SMILES string of the molecule is O=C(Nc1cc(Cl)nc(Cl)n1)c1ccc(O)c(Cl)c1. The summed E-state index contributed by atoms with van der Waals surface area (Å²) in [6.07, 6.45) is 0. The Bertz CT molecular complexity index is 629. The number of aromatic hydroxyl groups is 1. The fourth-order valence-electron chi connectivity index (χ4n) is 1.29. The molecule has 0 fully saturated rings. The van der Waals surface area contributed by atoms with Gasteiger partial charge in [0.15, 0.2) is 0 Å². The molecular formula is C11H6Cl3N3O2. The molecule has 8 heteroatoms. The van der Waals surface area contributed by atoms with Gasteiger partial charge in [0.25, 0.3) is 5.91 Å². The number of nitrogens with one attached hydrogen (secondary N) is 1. The van der Waals surface area contributed by atoms with Crippen molar-refractivity contribution in [2.75, 3.05) is 5.32 Å². The van der Waals surface area contributed by atoms with Gasteiger partial charge in [0.1, 0.15) is 16.7 Å². The predicted octanol–water partition coefficient (Wildman–Crippen LogP) is 3.39. The van der Waals surface area contributed by atoms with E-state index >= 15 is 0 Å². The van der Waals surface area contributed by atoms with Gasteiger partial charge in [-0.1, -0.05) is 23.2 Å². The second-order valence-corrected chi connectivity index (χ2v) is 4.60. The smallest absolute Gasteiger partial charge is 0.256 e. The second-order valence-electron chi connectivity index (χ2n) is 3.47. The number of nitrogens with zero attached hydrogens (tertiary/aromatic N) is 2. The van der Waals surface area contributed by atoms with E-state index in [1.54, 1.807) is 0 Å². The highest BCUT2D eigenvalue weighted by molar-refractivity contribution is 6.33. The molecule has 1 heterocycles. The summed E-state index contributed by atoms with van der Waals surface area (Å²) in [4.78, 5) is 19.4.